The molecule has 1 aromatic heterocycles. The van der Waals surface area contributed by atoms with Crippen molar-refractivity contribution >= 4 is 21.2 Å². The van der Waals surface area contributed by atoms with Gasteiger partial charge in [-0.25, -0.2) is 0 Å². The van der Waals surface area contributed by atoms with Gasteiger partial charge in [0.2, 0.25) is 6.29 Å². The third-order valence-electron chi connectivity index (χ3n) is 4.39. The third-order valence-corrected chi connectivity index (χ3v) is 8.99. The lowest BCUT2D eigenvalue weighted by molar-refractivity contribution is -0.137. The number of carbonyl (C=O) groups is 1. The first-order valence-electron chi connectivity index (χ1n) is 8.91. The summed E-state index contributed by atoms with van der Waals surface area (Å²) in [5.41, 5.74) is 0.358. The standard InChI is InChI=1S/C18H21NO9P2/c1-12(2)16(20)26-15-7-5-14(6-8-15)17-27-29(22,23)18(21,30(24,25)28-17)10-13-4-3-9-19-11-13/h3-9,11-12,17,21H,10H2,1-2H3,(H,22,23)(H,24,25). The maximum absolute atomic E-state index is 12.8. The highest BCUT2D eigenvalue weighted by atomic mass is 31.2. The highest BCUT2D eigenvalue weighted by molar-refractivity contribution is 7.73. The number of rotatable bonds is 5. The van der Waals surface area contributed by atoms with Gasteiger partial charge in [0.25, 0.3) is 5.08 Å². The molecule has 1 aliphatic rings. The summed E-state index contributed by atoms with van der Waals surface area (Å²) in [4.78, 5) is 36.1. The van der Waals surface area contributed by atoms with E-state index in [0.717, 1.165) is 0 Å². The fourth-order valence-electron chi connectivity index (χ4n) is 2.63. The second-order valence-corrected chi connectivity index (χ2v) is 11.4. The van der Waals surface area contributed by atoms with Gasteiger partial charge in [0.1, 0.15) is 5.75 Å². The lowest BCUT2D eigenvalue weighted by atomic mass is 10.2. The van der Waals surface area contributed by atoms with Gasteiger partial charge in [-0.1, -0.05) is 32.0 Å². The van der Waals surface area contributed by atoms with E-state index in [-0.39, 0.29) is 22.8 Å². The second-order valence-electron chi connectivity index (χ2n) is 7.04. The summed E-state index contributed by atoms with van der Waals surface area (Å²) in [5.74, 6) is -0.582. The summed E-state index contributed by atoms with van der Waals surface area (Å²) in [5, 5.41) is 7.62. The zero-order valence-electron chi connectivity index (χ0n) is 16.1. The maximum Gasteiger partial charge on any atom is 0.374 e. The minimum absolute atomic E-state index is 0.117. The van der Waals surface area contributed by atoms with Crippen molar-refractivity contribution in [3.8, 4) is 5.75 Å². The Morgan fingerprint density at radius 3 is 2.27 bits per heavy atom. The number of nitrogens with zero attached hydrogens (tertiary/aromatic N) is 1. The molecule has 2 aromatic rings. The van der Waals surface area contributed by atoms with Crippen molar-refractivity contribution in [2.45, 2.75) is 31.6 Å². The van der Waals surface area contributed by atoms with E-state index in [4.69, 9.17) is 13.8 Å². The van der Waals surface area contributed by atoms with Crippen LogP contribution >= 0.6 is 15.2 Å². The predicted octanol–water partition coefficient (Wildman–Crippen LogP) is 2.95. The van der Waals surface area contributed by atoms with Gasteiger partial charge in [0.05, 0.1) is 5.92 Å². The van der Waals surface area contributed by atoms with Gasteiger partial charge in [-0.05, 0) is 23.8 Å². The molecule has 162 valence electrons. The number of benzene rings is 1. The summed E-state index contributed by atoms with van der Waals surface area (Å²) in [6.45, 7) is 3.34. The molecule has 10 nitrogen and oxygen atoms in total. The molecule has 30 heavy (non-hydrogen) atoms. The third kappa shape index (κ3) is 4.40. The summed E-state index contributed by atoms with van der Waals surface area (Å²) < 4.78 is 40.7. The van der Waals surface area contributed by atoms with Crippen LogP contribution in [0.15, 0.2) is 48.8 Å². The largest absolute Gasteiger partial charge is 0.426 e. The van der Waals surface area contributed by atoms with E-state index in [9.17, 15) is 28.8 Å². The van der Waals surface area contributed by atoms with E-state index in [2.05, 4.69) is 4.98 Å². The smallest absolute Gasteiger partial charge is 0.374 e. The number of carbonyl (C=O) groups excluding carboxylic acids is 1. The van der Waals surface area contributed by atoms with Gasteiger partial charge in [-0.3, -0.25) is 28.0 Å². The maximum atomic E-state index is 12.8. The van der Waals surface area contributed by atoms with Crippen molar-refractivity contribution in [1.29, 1.82) is 0 Å². The lowest BCUT2D eigenvalue weighted by Gasteiger charge is -2.41. The Morgan fingerprint density at radius 1 is 1.17 bits per heavy atom. The normalized spacial score (nSPS) is 31.5. The molecule has 0 saturated carbocycles. The van der Waals surface area contributed by atoms with Crippen LogP contribution in [0.4, 0.5) is 0 Å². The molecule has 0 amide bonds. The van der Waals surface area contributed by atoms with Crippen molar-refractivity contribution in [1.82, 2.24) is 4.98 Å². The summed E-state index contributed by atoms with van der Waals surface area (Å²) in [6, 6.07) is 8.42. The molecule has 2 atom stereocenters. The van der Waals surface area contributed by atoms with Crippen molar-refractivity contribution in [2.75, 3.05) is 0 Å². The van der Waals surface area contributed by atoms with E-state index in [0.29, 0.717) is 0 Å². The number of aliphatic hydroxyl groups is 1. The molecule has 0 spiro atoms. The van der Waals surface area contributed by atoms with Crippen LogP contribution in [0, 0.1) is 5.92 Å². The van der Waals surface area contributed by atoms with Crippen LogP contribution in [0.25, 0.3) is 0 Å². The summed E-state index contributed by atoms with van der Waals surface area (Å²) in [6.07, 6.45) is 0.345. The Morgan fingerprint density at radius 2 is 1.77 bits per heavy atom. The molecular weight excluding hydrogens is 436 g/mol. The number of aromatic nitrogens is 1. The first-order chi connectivity index (χ1) is 14.0. The first kappa shape index (κ1) is 22.8. The van der Waals surface area contributed by atoms with Crippen LogP contribution in [-0.2, 0) is 29.4 Å². The summed E-state index contributed by atoms with van der Waals surface area (Å²) in [7, 11) is -10.1. The minimum Gasteiger partial charge on any atom is -0.426 e. The van der Waals surface area contributed by atoms with Crippen LogP contribution in [0.5, 0.6) is 5.75 Å². The van der Waals surface area contributed by atoms with Crippen LogP contribution in [0.3, 0.4) is 0 Å². The van der Waals surface area contributed by atoms with E-state index >= 15 is 0 Å². The Kier molecular flexibility index (Phi) is 6.32. The number of esters is 1. The Bertz CT molecular complexity index is 984. The van der Waals surface area contributed by atoms with Gasteiger partial charge in [-0.2, -0.15) is 0 Å². The molecule has 0 radical (unpaired) electrons. The number of hydrogen-bond acceptors (Lipinski definition) is 8. The van der Waals surface area contributed by atoms with E-state index < -0.39 is 39.0 Å². The average Bonchev–Trinajstić information content (AvgIpc) is 2.67. The van der Waals surface area contributed by atoms with Gasteiger partial charge in [0.15, 0.2) is 0 Å². The van der Waals surface area contributed by atoms with E-state index in [1.807, 2.05) is 0 Å². The number of ether oxygens (including phenoxy) is 1. The molecule has 1 fully saturated rings. The molecular formula is C18H21NO9P2. The quantitative estimate of drug-likeness (QED) is 0.347. The molecule has 1 aliphatic heterocycles. The molecule has 0 bridgehead atoms. The topological polar surface area (TPSA) is 152 Å². The molecule has 3 rings (SSSR count). The summed E-state index contributed by atoms with van der Waals surface area (Å²) >= 11 is 0. The van der Waals surface area contributed by atoms with Gasteiger partial charge < -0.3 is 19.6 Å². The first-order valence-corrected chi connectivity index (χ1v) is 12.1. The van der Waals surface area contributed by atoms with E-state index in [1.54, 1.807) is 13.8 Å². The molecule has 1 aromatic carbocycles. The number of hydrogen-bond donors (Lipinski definition) is 3. The second kappa shape index (κ2) is 8.32. The highest BCUT2D eigenvalue weighted by Gasteiger charge is 2.67. The lowest BCUT2D eigenvalue weighted by Crippen LogP contribution is -2.37. The SMILES string of the molecule is CC(C)C(=O)Oc1ccc(C2OP(=O)(O)C(O)(Cc3cccnc3)P(=O)(O)O2)cc1. The van der Waals surface area contributed by atoms with Crippen LogP contribution in [0.1, 0.15) is 31.3 Å². The molecule has 3 N–H and O–H groups in total. The zero-order valence-corrected chi connectivity index (χ0v) is 17.9. The highest BCUT2D eigenvalue weighted by Crippen LogP contribution is 2.79. The Labute approximate surface area is 172 Å². The zero-order chi connectivity index (χ0) is 22.2. The fraction of sp³-hybridized carbons (Fsp3) is 0.333. The average molecular weight is 457 g/mol. The minimum atomic E-state index is -5.06. The van der Waals surface area contributed by atoms with Crippen LogP contribution in [-0.4, -0.2) is 30.9 Å². The van der Waals surface area contributed by atoms with Gasteiger partial charge in [0, 0.05) is 24.4 Å². The van der Waals surface area contributed by atoms with Crippen molar-refractivity contribution in [2.24, 2.45) is 5.92 Å². The molecule has 1 saturated heterocycles. The Balaban J connectivity index is 1.84. The molecule has 0 aliphatic carbocycles. The molecule has 2 unspecified atom stereocenters. The van der Waals surface area contributed by atoms with Crippen LogP contribution in [0.2, 0.25) is 0 Å². The van der Waals surface area contributed by atoms with E-state index in [1.165, 1.54) is 48.8 Å². The monoisotopic (exact) mass is 457 g/mol. The van der Waals surface area contributed by atoms with Crippen molar-refractivity contribution in [3.63, 3.8) is 0 Å². The number of pyridine rings is 1. The molecule has 12 heteroatoms. The van der Waals surface area contributed by atoms with Crippen molar-refractivity contribution in [3.05, 3.63) is 59.9 Å². The predicted molar refractivity (Wildman–Crippen MR) is 104 cm³/mol. The van der Waals surface area contributed by atoms with Gasteiger partial charge >= 0.3 is 21.2 Å². The fourth-order valence-corrected chi connectivity index (χ4v) is 6.21. The van der Waals surface area contributed by atoms with Gasteiger partial charge in [-0.15, -0.1) is 0 Å². The van der Waals surface area contributed by atoms with Crippen LogP contribution < -0.4 is 4.74 Å². The van der Waals surface area contributed by atoms with Crippen molar-refractivity contribution < 1.29 is 42.6 Å². The Hall–Kier alpha value is -1.90. The molecule has 2 heterocycles.